The highest BCUT2D eigenvalue weighted by atomic mass is 35.5. The Morgan fingerprint density at radius 1 is 1.22 bits per heavy atom. The van der Waals surface area contributed by atoms with Gasteiger partial charge in [0.1, 0.15) is 24.1 Å². The van der Waals surface area contributed by atoms with Crippen molar-refractivity contribution in [3.8, 4) is 11.8 Å². The lowest BCUT2D eigenvalue weighted by molar-refractivity contribution is 0.338. The van der Waals surface area contributed by atoms with E-state index < -0.39 is 0 Å². The molecule has 0 bridgehead atoms. The Kier molecular flexibility index (Phi) is 17.4. The van der Waals surface area contributed by atoms with E-state index in [4.69, 9.17) is 33.3 Å². The average molecular weight is 546 g/mol. The molecule has 6 nitrogen and oxygen atoms in total. The van der Waals surface area contributed by atoms with Gasteiger partial charge in [-0.15, -0.1) is 11.6 Å². The summed E-state index contributed by atoms with van der Waals surface area (Å²) in [4.78, 5) is 0. The zero-order chi connectivity index (χ0) is 28.4. The second-order valence-electron chi connectivity index (χ2n) is 8.57. The summed E-state index contributed by atoms with van der Waals surface area (Å²) in [6.07, 6.45) is 7.47. The lowest BCUT2D eigenvalue weighted by atomic mass is 9.76. The van der Waals surface area contributed by atoms with Gasteiger partial charge in [-0.1, -0.05) is 71.4 Å². The molecule has 8 heteroatoms. The standard InChI is InChI=1S/C22H25ClN4O.C4H9N.C2H6.CH4S/c1-4-15-11-19(12-17(13-24)21(15)28-10-9-23)22(2,3)18-7-5-16(6-8-18)20(14-25)27-26;5-4-2-1-3-4;2*1-2/h5-8,11-12,14,25H,4,9-10,26H2,1-3H3;4H,1-3,5H2;1-2H3;2H,1H3/b25-14?,27-20+;;;. The predicted octanol–water partition coefficient (Wildman–Crippen LogP) is 6.45. The van der Waals surface area contributed by atoms with Crippen LogP contribution in [0.4, 0.5) is 0 Å². The first-order valence-corrected chi connectivity index (χ1v) is 14.1. The number of alkyl halides is 1. The van der Waals surface area contributed by atoms with Crippen LogP contribution in [0.25, 0.3) is 0 Å². The highest BCUT2D eigenvalue weighted by molar-refractivity contribution is 7.79. The number of hydrogen-bond acceptors (Lipinski definition) is 7. The Bertz CT molecular complexity index is 1010. The zero-order valence-corrected chi connectivity index (χ0v) is 24.8. The molecular weight excluding hydrogens is 502 g/mol. The molecule has 2 aromatic rings. The van der Waals surface area contributed by atoms with Crippen LogP contribution in [0.1, 0.15) is 81.7 Å². The van der Waals surface area contributed by atoms with E-state index in [0.717, 1.165) is 34.9 Å². The van der Waals surface area contributed by atoms with E-state index in [1.807, 2.05) is 51.1 Å². The third-order valence-electron chi connectivity index (χ3n) is 6.04. The van der Waals surface area contributed by atoms with Crippen LogP contribution in [0.3, 0.4) is 0 Å². The summed E-state index contributed by atoms with van der Waals surface area (Å²) in [7, 11) is 0. The summed E-state index contributed by atoms with van der Waals surface area (Å²) in [5.41, 5.74) is 9.88. The topological polar surface area (TPSA) is 121 Å². The van der Waals surface area contributed by atoms with Crippen LogP contribution in [0.15, 0.2) is 41.5 Å². The fourth-order valence-corrected chi connectivity index (χ4v) is 3.64. The Morgan fingerprint density at radius 3 is 2.16 bits per heavy atom. The molecule has 2 aromatic carbocycles. The smallest absolute Gasteiger partial charge is 0.140 e. The lowest BCUT2D eigenvalue weighted by Gasteiger charge is -2.28. The number of nitrogens with two attached hydrogens (primary N) is 2. The number of nitrogens with zero attached hydrogens (tertiary/aromatic N) is 2. The molecule has 37 heavy (non-hydrogen) atoms. The molecule has 1 saturated carbocycles. The fraction of sp³-hybridized carbons (Fsp3) is 0.483. The Hall–Kier alpha value is -2.53. The first kappa shape index (κ1) is 34.5. The monoisotopic (exact) mass is 545 g/mol. The van der Waals surface area contributed by atoms with Crippen molar-refractivity contribution in [2.24, 2.45) is 16.7 Å². The van der Waals surface area contributed by atoms with E-state index in [0.29, 0.717) is 35.6 Å². The molecule has 5 N–H and O–H groups in total. The number of aryl methyl sites for hydroxylation is 1. The van der Waals surface area contributed by atoms with Gasteiger partial charge in [-0.3, -0.25) is 0 Å². The van der Waals surface area contributed by atoms with E-state index in [1.165, 1.54) is 19.3 Å². The van der Waals surface area contributed by atoms with Crippen LogP contribution in [-0.2, 0) is 11.8 Å². The van der Waals surface area contributed by atoms with E-state index in [-0.39, 0.29) is 5.41 Å². The van der Waals surface area contributed by atoms with Crippen molar-refractivity contribution in [3.05, 3.63) is 64.2 Å². The highest BCUT2D eigenvalue weighted by Crippen LogP contribution is 2.36. The molecule has 1 fully saturated rings. The normalized spacial score (nSPS) is 12.7. The van der Waals surface area contributed by atoms with Crippen LogP contribution in [0.2, 0.25) is 0 Å². The molecule has 0 radical (unpaired) electrons. The number of nitriles is 1. The molecule has 1 aliphatic rings. The van der Waals surface area contributed by atoms with Gasteiger partial charge >= 0.3 is 0 Å². The van der Waals surface area contributed by atoms with Gasteiger partial charge in [0.05, 0.1) is 11.4 Å². The number of hydrazone groups is 1. The Labute approximate surface area is 234 Å². The summed E-state index contributed by atoms with van der Waals surface area (Å²) in [5, 5.41) is 20.6. The third kappa shape index (κ3) is 10.0. The minimum Gasteiger partial charge on any atom is -0.491 e. The summed E-state index contributed by atoms with van der Waals surface area (Å²) in [6.45, 7) is 10.6. The number of thiol groups is 1. The molecule has 0 heterocycles. The number of benzene rings is 2. The van der Waals surface area contributed by atoms with Gasteiger partial charge in [0.25, 0.3) is 0 Å². The molecular formula is C29H44ClN5OS. The predicted molar refractivity (Wildman–Crippen MR) is 163 cm³/mol. The second-order valence-corrected chi connectivity index (χ2v) is 8.94. The van der Waals surface area contributed by atoms with Crippen LogP contribution in [0, 0.1) is 16.7 Å². The quantitative estimate of drug-likeness (QED) is 0.100. The number of rotatable bonds is 8. The molecule has 0 aromatic heterocycles. The number of hydrogen-bond donors (Lipinski definition) is 4. The van der Waals surface area contributed by atoms with E-state index in [2.05, 4.69) is 43.7 Å². The highest BCUT2D eigenvalue weighted by Gasteiger charge is 2.26. The number of halogens is 1. The number of nitrogens with one attached hydrogen (secondary N) is 1. The maximum Gasteiger partial charge on any atom is 0.140 e. The van der Waals surface area contributed by atoms with Crippen molar-refractivity contribution >= 4 is 36.2 Å². The van der Waals surface area contributed by atoms with Crippen molar-refractivity contribution < 1.29 is 4.74 Å². The van der Waals surface area contributed by atoms with Gasteiger partial charge in [-0.2, -0.15) is 23.0 Å². The van der Waals surface area contributed by atoms with Crippen molar-refractivity contribution in [1.29, 1.82) is 10.7 Å². The molecule has 3 rings (SSSR count). The summed E-state index contributed by atoms with van der Waals surface area (Å²) >= 11 is 9.27. The molecule has 0 spiro atoms. The lowest BCUT2D eigenvalue weighted by Crippen LogP contribution is -2.27. The summed E-state index contributed by atoms with van der Waals surface area (Å²) < 4.78 is 5.74. The van der Waals surface area contributed by atoms with Crippen molar-refractivity contribution in [1.82, 2.24) is 0 Å². The van der Waals surface area contributed by atoms with Gasteiger partial charge in [-0.25, -0.2) is 0 Å². The third-order valence-corrected chi connectivity index (χ3v) is 6.19. The van der Waals surface area contributed by atoms with Gasteiger partial charge in [0, 0.05) is 23.2 Å². The zero-order valence-electron chi connectivity index (χ0n) is 23.1. The average Bonchev–Trinajstić information content (AvgIpc) is 2.93. The van der Waals surface area contributed by atoms with E-state index in [9.17, 15) is 5.26 Å². The molecule has 0 atom stereocenters. The number of ether oxygens (including phenoxy) is 1. The van der Waals surface area contributed by atoms with Gasteiger partial charge < -0.3 is 21.7 Å². The van der Waals surface area contributed by atoms with Crippen LogP contribution in [-0.4, -0.2) is 36.7 Å². The van der Waals surface area contributed by atoms with Gasteiger partial charge in [0.15, 0.2) is 0 Å². The van der Waals surface area contributed by atoms with Crippen LogP contribution >= 0.6 is 24.2 Å². The molecule has 0 saturated heterocycles. The minimum atomic E-state index is -0.330. The van der Waals surface area contributed by atoms with Crippen molar-refractivity contribution in [2.75, 3.05) is 18.7 Å². The molecule has 0 unspecified atom stereocenters. The molecule has 0 amide bonds. The van der Waals surface area contributed by atoms with Crippen LogP contribution in [0.5, 0.6) is 5.75 Å². The van der Waals surface area contributed by atoms with Gasteiger partial charge in [0.2, 0.25) is 0 Å². The Balaban J connectivity index is 0.00000124. The largest absolute Gasteiger partial charge is 0.491 e. The Morgan fingerprint density at radius 2 is 1.78 bits per heavy atom. The molecule has 1 aliphatic carbocycles. The summed E-state index contributed by atoms with van der Waals surface area (Å²) in [6, 6.07) is 14.6. The second kappa shape index (κ2) is 18.7. The molecule has 0 aliphatic heterocycles. The van der Waals surface area contributed by atoms with Crippen LogP contribution < -0.4 is 16.3 Å². The maximum atomic E-state index is 9.64. The van der Waals surface area contributed by atoms with Gasteiger partial charge in [-0.05, 0) is 48.3 Å². The minimum absolute atomic E-state index is 0.330. The first-order valence-electron chi connectivity index (χ1n) is 12.7. The molecule has 204 valence electrons. The van der Waals surface area contributed by atoms with E-state index in [1.54, 1.807) is 6.26 Å². The SMILES string of the molecule is CC.CCc1cc(C(C)(C)c2ccc(/C(C=N)=N/N)cc2)cc(C#N)c1OCCCl.CS.NC1CCC1. The van der Waals surface area contributed by atoms with E-state index >= 15 is 0 Å². The maximum absolute atomic E-state index is 9.64. The fourth-order valence-electron chi connectivity index (χ4n) is 3.57. The van der Waals surface area contributed by atoms with Crippen molar-refractivity contribution in [2.45, 2.75) is 71.8 Å². The summed E-state index contributed by atoms with van der Waals surface area (Å²) in [5.74, 6) is 6.32. The first-order chi connectivity index (χ1) is 17.8. The van der Waals surface area contributed by atoms with Crippen molar-refractivity contribution in [3.63, 3.8) is 0 Å².